The van der Waals surface area contributed by atoms with Crippen molar-refractivity contribution in [2.75, 3.05) is 17.6 Å². The van der Waals surface area contributed by atoms with E-state index in [0.717, 1.165) is 12.0 Å². The molecule has 0 aliphatic rings. The summed E-state index contributed by atoms with van der Waals surface area (Å²) in [4.78, 5) is 7.80. The number of halogens is 3. The lowest BCUT2D eigenvalue weighted by Crippen LogP contribution is -2.08. The van der Waals surface area contributed by atoms with Crippen LogP contribution in [0.1, 0.15) is 5.56 Å². The first-order valence-electron chi connectivity index (χ1n) is 5.52. The summed E-state index contributed by atoms with van der Waals surface area (Å²) in [5.74, 6) is 0.724. The van der Waals surface area contributed by atoms with Crippen LogP contribution in [0.25, 0.3) is 0 Å². The molecule has 0 spiro atoms. The first-order valence-corrected chi connectivity index (χ1v) is 6.66. The highest BCUT2D eigenvalue weighted by Gasteiger charge is 2.03. The normalized spacial score (nSPS) is 10.5. The number of benzene rings is 1. The molecule has 19 heavy (non-hydrogen) atoms. The maximum Gasteiger partial charge on any atom is 0.223 e. The first-order chi connectivity index (χ1) is 9.04. The fourth-order valence-corrected chi connectivity index (χ4v) is 2.27. The Kier molecular flexibility index (Phi) is 4.69. The topological polar surface area (TPSA) is 63.8 Å². The van der Waals surface area contributed by atoms with Crippen molar-refractivity contribution in [1.29, 1.82) is 0 Å². The minimum Gasteiger partial charge on any atom is -0.370 e. The smallest absolute Gasteiger partial charge is 0.223 e. The molecule has 100 valence electrons. The van der Waals surface area contributed by atoms with Crippen molar-refractivity contribution in [3.63, 3.8) is 0 Å². The van der Waals surface area contributed by atoms with Crippen molar-refractivity contribution < 1.29 is 0 Å². The van der Waals surface area contributed by atoms with E-state index in [9.17, 15) is 0 Å². The summed E-state index contributed by atoms with van der Waals surface area (Å²) in [5, 5.41) is 4.68. The molecule has 0 saturated carbocycles. The van der Waals surface area contributed by atoms with Crippen molar-refractivity contribution in [3.8, 4) is 0 Å². The summed E-state index contributed by atoms with van der Waals surface area (Å²) in [6.07, 6.45) is 0.734. The van der Waals surface area contributed by atoms with E-state index in [4.69, 9.17) is 40.5 Å². The summed E-state index contributed by atoms with van der Waals surface area (Å²) in [7, 11) is 0. The molecule has 0 radical (unpaired) electrons. The van der Waals surface area contributed by atoms with Gasteiger partial charge in [-0.25, -0.2) is 4.98 Å². The molecule has 0 aliphatic heterocycles. The number of nitrogens with two attached hydrogens (primary N) is 1. The van der Waals surface area contributed by atoms with Gasteiger partial charge >= 0.3 is 0 Å². The van der Waals surface area contributed by atoms with E-state index >= 15 is 0 Å². The molecule has 0 unspecified atom stereocenters. The summed E-state index contributed by atoms with van der Waals surface area (Å²) in [6.45, 7) is 0.647. The Labute approximate surface area is 125 Å². The minimum atomic E-state index is 0.138. The predicted molar refractivity (Wildman–Crippen MR) is 80.1 cm³/mol. The molecule has 0 saturated heterocycles. The van der Waals surface area contributed by atoms with Gasteiger partial charge in [-0.2, -0.15) is 4.98 Å². The summed E-state index contributed by atoms with van der Waals surface area (Å²) in [6, 6.07) is 7.04. The standard InChI is InChI=1S/C12H11Cl3N4/c13-8-2-1-7(9(14)5-8)3-4-17-11-6-10(15)18-12(16)19-11/h1-2,5-6H,3-4H2,(H3,16,17,18,19). The molecular weight excluding hydrogens is 307 g/mol. The largest absolute Gasteiger partial charge is 0.370 e. The van der Waals surface area contributed by atoms with E-state index < -0.39 is 0 Å². The third kappa shape index (κ3) is 4.13. The molecule has 0 atom stereocenters. The Morgan fingerprint density at radius 2 is 1.89 bits per heavy atom. The van der Waals surface area contributed by atoms with Gasteiger partial charge in [0.25, 0.3) is 0 Å². The van der Waals surface area contributed by atoms with Crippen molar-refractivity contribution in [2.45, 2.75) is 6.42 Å². The van der Waals surface area contributed by atoms with Gasteiger partial charge in [-0.1, -0.05) is 40.9 Å². The van der Waals surface area contributed by atoms with Crippen LogP contribution in [0.15, 0.2) is 24.3 Å². The molecule has 0 bridgehead atoms. The van der Waals surface area contributed by atoms with Crippen LogP contribution < -0.4 is 11.1 Å². The average molecular weight is 318 g/mol. The second-order valence-electron chi connectivity index (χ2n) is 3.85. The molecule has 4 nitrogen and oxygen atoms in total. The molecule has 1 heterocycles. The van der Waals surface area contributed by atoms with Crippen LogP contribution in [0.5, 0.6) is 0 Å². The number of anilines is 2. The van der Waals surface area contributed by atoms with Gasteiger partial charge < -0.3 is 11.1 Å². The monoisotopic (exact) mass is 316 g/mol. The van der Waals surface area contributed by atoms with Crippen LogP contribution >= 0.6 is 34.8 Å². The molecule has 3 N–H and O–H groups in total. The number of hydrogen-bond acceptors (Lipinski definition) is 4. The summed E-state index contributed by atoms with van der Waals surface area (Å²) < 4.78 is 0. The van der Waals surface area contributed by atoms with Crippen LogP contribution in [-0.2, 0) is 6.42 Å². The lowest BCUT2D eigenvalue weighted by atomic mass is 10.1. The molecular formula is C12H11Cl3N4. The first kappa shape index (κ1) is 14.2. The Balaban J connectivity index is 1.96. The third-order valence-corrected chi connectivity index (χ3v) is 3.21. The van der Waals surface area contributed by atoms with E-state index in [1.165, 1.54) is 0 Å². The highest BCUT2D eigenvalue weighted by Crippen LogP contribution is 2.21. The molecule has 0 fully saturated rings. The lowest BCUT2D eigenvalue weighted by Gasteiger charge is -2.08. The van der Waals surface area contributed by atoms with Gasteiger partial charge in [0.2, 0.25) is 5.95 Å². The Morgan fingerprint density at radius 1 is 1.11 bits per heavy atom. The van der Waals surface area contributed by atoms with Crippen molar-refractivity contribution in [2.24, 2.45) is 0 Å². The van der Waals surface area contributed by atoms with Crippen molar-refractivity contribution >= 4 is 46.6 Å². The second kappa shape index (κ2) is 6.28. The molecule has 2 aromatic rings. The van der Waals surface area contributed by atoms with E-state index in [-0.39, 0.29) is 5.95 Å². The second-order valence-corrected chi connectivity index (χ2v) is 5.08. The zero-order chi connectivity index (χ0) is 13.8. The fourth-order valence-electron chi connectivity index (χ4n) is 1.58. The van der Waals surface area contributed by atoms with Gasteiger partial charge in [0.05, 0.1) is 0 Å². The molecule has 7 heteroatoms. The third-order valence-electron chi connectivity index (χ3n) is 2.43. The zero-order valence-electron chi connectivity index (χ0n) is 9.83. The van der Waals surface area contributed by atoms with Gasteiger partial charge in [-0.15, -0.1) is 0 Å². The van der Waals surface area contributed by atoms with Crippen LogP contribution in [0.3, 0.4) is 0 Å². The number of nitrogens with one attached hydrogen (secondary N) is 1. The molecule has 1 aromatic carbocycles. The minimum absolute atomic E-state index is 0.138. The highest BCUT2D eigenvalue weighted by atomic mass is 35.5. The molecule has 2 rings (SSSR count). The van der Waals surface area contributed by atoms with E-state index in [2.05, 4.69) is 15.3 Å². The Hall–Kier alpha value is -1.23. The summed E-state index contributed by atoms with van der Waals surface area (Å²) in [5.41, 5.74) is 6.51. The summed E-state index contributed by atoms with van der Waals surface area (Å²) >= 11 is 17.7. The highest BCUT2D eigenvalue weighted by molar-refractivity contribution is 6.35. The van der Waals surface area contributed by atoms with Crippen LogP contribution in [0.4, 0.5) is 11.8 Å². The Morgan fingerprint density at radius 3 is 2.58 bits per heavy atom. The lowest BCUT2D eigenvalue weighted by molar-refractivity contribution is 1.00. The zero-order valence-corrected chi connectivity index (χ0v) is 12.1. The van der Waals surface area contributed by atoms with Gasteiger partial charge in [-0.3, -0.25) is 0 Å². The van der Waals surface area contributed by atoms with Crippen molar-refractivity contribution in [1.82, 2.24) is 9.97 Å². The van der Waals surface area contributed by atoms with Crippen molar-refractivity contribution in [3.05, 3.63) is 45.0 Å². The van der Waals surface area contributed by atoms with E-state index in [0.29, 0.717) is 27.6 Å². The number of rotatable bonds is 4. The van der Waals surface area contributed by atoms with Crippen LogP contribution in [-0.4, -0.2) is 16.5 Å². The molecule has 0 aliphatic carbocycles. The Bertz CT molecular complexity index is 569. The molecule has 1 aromatic heterocycles. The molecule has 0 amide bonds. The number of nitrogen functional groups attached to an aromatic ring is 1. The maximum atomic E-state index is 6.08. The van der Waals surface area contributed by atoms with Gasteiger partial charge in [-0.05, 0) is 24.1 Å². The predicted octanol–water partition coefficient (Wildman–Crippen LogP) is 3.67. The van der Waals surface area contributed by atoms with Gasteiger partial charge in [0.1, 0.15) is 11.0 Å². The number of nitrogens with zero attached hydrogens (tertiary/aromatic N) is 2. The van der Waals surface area contributed by atoms with E-state index in [1.807, 2.05) is 12.1 Å². The SMILES string of the molecule is Nc1nc(Cl)cc(NCCc2ccc(Cl)cc2Cl)n1. The number of aromatic nitrogens is 2. The van der Waals surface area contributed by atoms with Gasteiger partial charge in [0, 0.05) is 22.7 Å². The van der Waals surface area contributed by atoms with E-state index in [1.54, 1.807) is 12.1 Å². The quantitative estimate of drug-likeness (QED) is 0.844. The van der Waals surface area contributed by atoms with Gasteiger partial charge in [0.15, 0.2) is 0 Å². The maximum absolute atomic E-state index is 6.08. The number of hydrogen-bond donors (Lipinski definition) is 2. The van der Waals surface area contributed by atoms with Crippen LogP contribution in [0, 0.1) is 0 Å². The van der Waals surface area contributed by atoms with Crippen LogP contribution in [0.2, 0.25) is 15.2 Å². The average Bonchev–Trinajstić information content (AvgIpc) is 2.30. The fraction of sp³-hybridized carbons (Fsp3) is 0.167.